The molecule has 0 unspecified atom stereocenters. The van der Waals surface area contributed by atoms with Crippen molar-refractivity contribution in [2.45, 2.75) is 6.92 Å². The largest absolute Gasteiger partial charge is 0.457 e. The lowest BCUT2D eigenvalue weighted by Crippen LogP contribution is -2.06. The van der Waals surface area contributed by atoms with Gasteiger partial charge in [-0.3, -0.25) is 0 Å². The molecule has 0 aliphatic heterocycles. The summed E-state index contributed by atoms with van der Waals surface area (Å²) in [5, 5.41) is 0.848. The fraction of sp³-hybridized carbons (Fsp3) is 0.333. The summed E-state index contributed by atoms with van der Waals surface area (Å²) >= 11 is 0. The molecule has 0 aliphatic carbocycles. The van der Waals surface area contributed by atoms with Crippen LogP contribution in [-0.4, -0.2) is 26.4 Å². The summed E-state index contributed by atoms with van der Waals surface area (Å²) in [7, 11) is -2.28. The van der Waals surface area contributed by atoms with Crippen LogP contribution in [0.25, 0.3) is 0 Å². The molecule has 0 N–H and O–H groups in total. The molecule has 0 radical (unpaired) electrons. The van der Waals surface area contributed by atoms with Crippen LogP contribution in [0.3, 0.4) is 0 Å². The first kappa shape index (κ1) is 9.90. The van der Waals surface area contributed by atoms with Gasteiger partial charge in [0.15, 0.2) is 0 Å². The monoisotopic (exact) mass is 176 g/mol. The van der Waals surface area contributed by atoms with Crippen molar-refractivity contribution in [1.29, 1.82) is 0 Å². The third kappa shape index (κ3) is 5.35. The van der Waals surface area contributed by atoms with Crippen molar-refractivity contribution in [3.63, 3.8) is 0 Å². The third-order valence-corrected chi connectivity index (χ3v) is 1.18. The quantitative estimate of drug-likeness (QED) is 0.339. The molecule has 0 amide bonds. The topological polar surface area (TPSA) is 60.4 Å². The Morgan fingerprint density at radius 1 is 1.64 bits per heavy atom. The average molecular weight is 176 g/mol. The van der Waals surface area contributed by atoms with Crippen molar-refractivity contribution in [3.05, 3.63) is 12.2 Å². The molecule has 0 aromatic carbocycles. The van der Waals surface area contributed by atoms with Crippen LogP contribution >= 0.6 is 0 Å². The highest BCUT2D eigenvalue weighted by atomic mass is 32.2. The van der Waals surface area contributed by atoms with Crippen molar-refractivity contribution in [2.75, 3.05) is 6.61 Å². The van der Waals surface area contributed by atoms with E-state index in [1.54, 1.807) is 0 Å². The first-order chi connectivity index (χ1) is 5.04. The number of ether oxygens (including phenoxy) is 1. The fourth-order valence-corrected chi connectivity index (χ4v) is 0.468. The Hall–Kier alpha value is -1.10. The van der Waals surface area contributed by atoms with Gasteiger partial charge in [0.25, 0.3) is 0 Å². The van der Waals surface area contributed by atoms with E-state index in [1.165, 1.54) is 6.92 Å². The number of carbonyl (C=O) groups excluding carboxylic acids is 1. The van der Waals surface area contributed by atoms with E-state index >= 15 is 0 Å². The highest BCUT2D eigenvalue weighted by Gasteiger charge is 1.99. The van der Waals surface area contributed by atoms with Crippen molar-refractivity contribution < 1.29 is 17.9 Å². The summed E-state index contributed by atoms with van der Waals surface area (Å²) in [6.45, 7) is 4.56. The lowest BCUT2D eigenvalue weighted by molar-refractivity contribution is -0.137. The van der Waals surface area contributed by atoms with Crippen LogP contribution < -0.4 is 0 Å². The van der Waals surface area contributed by atoms with E-state index in [0.717, 1.165) is 5.37 Å². The molecule has 0 spiro atoms. The third-order valence-electron chi connectivity index (χ3n) is 0.767. The summed E-state index contributed by atoms with van der Waals surface area (Å²) in [6, 6.07) is 0. The Morgan fingerprint density at radius 2 is 2.18 bits per heavy atom. The van der Waals surface area contributed by atoms with Crippen molar-refractivity contribution >= 4 is 21.6 Å². The zero-order valence-corrected chi connectivity index (χ0v) is 6.85. The Morgan fingerprint density at radius 3 is 2.55 bits per heavy atom. The van der Waals surface area contributed by atoms with Crippen molar-refractivity contribution in [1.82, 2.24) is 0 Å². The molecule has 62 valence electrons. The predicted molar refractivity (Wildman–Crippen MR) is 40.8 cm³/mol. The average Bonchev–Trinajstić information content (AvgIpc) is 1.86. The van der Waals surface area contributed by atoms with Gasteiger partial charge in [0, 0.05) is 5.57 Å². The van der Waals surface area contributed by atoms with Crippen LogP contribution in [0.5, 0.6) is 0 Å². The molecule has 0 heterocycles. The SMILES string of the molecule is C=C(C)C(=O)OCC=S(=O)=O. The normalized spacial score (nSPS) is 8.45. The molecule has 11 heavy (non-hydrogen) atoms. The van der Waals surface area contributed by atoms with Gasteiger partial charge >= 0.3 is 5.97 Å². The Bertz CT molecular complexity index is 278. The van der Waals surface area contributed by atoms with Gasteiger partial charge in [0.1, 0.15) is 6.61 Å². The lowest BCUT2D eigenvalue weighted by Gasteiger charge is -1.96. The maximum atomic E-state index is 10.6. The summed E-state index contributed by atoms with van der Waals surface area (Å²) in [6.07, 6.45) is 0. The fourth-order valence-electron chi connectivity index (χ4n) is 0.288. The van der Waals surface area contributed by atoms with E-state index in [9.17, 15) is 13.2 Å². The summed E-state index contributed by atoms with van der Waals surface area (Å²) in [4.78, 5) is 10.6. The van der Waals surface area contributed by atoms with Crippen LogP contribution in [0, 0.1) is 0 Å². The van der Waals surface area contributed by atoms with Gasteiger partial charge in [0.2, 0.25) is 10.3 Å². The highest BCUT2D eigenvalue weighted by molar-refractivity contribution is 7.71. The molecule has 0 aromatic rings. The molecule has 0 aliphatic rings. The number of rotatable bonds is 3. The standard InChI is InChI=1S/C6H8O4S/c1-5(2)6(7)10-3-4-11(8)9/h4H,1,3H2,2H3. The summed E-state index contributed by atoms with van der Waals surface area (Å²) in [5.41, 5.74) is 0.245. The molecule has 0 rings (SSSR count). The summed E-state index contributed by atoms with van der Waals surface area (Å²) < 4.78 is 24.2. The molecule has 0 saturated heterocycles. The van der Waals surface area contributed by atoms with Gasteiger partial charge in [-0.05, 0) is 6.92 Å². The number of hydrogen-bond acceptors (Lipinski definition) is 4. The van der Waals surface area contributed by atoms with Crippen LogP contribution in [0.15, 0.2) is 12.2 Å². The van der Waals surface area contributed by atoms with Gasteiger partial charge in [-0.1, -0.05) is 6.58 Å². The minimum Gasteiger partial charge on any atom is -0.457 e. The number of esters is 1. The Balaban J connectivity index is 3.82. The second-order valence-corrected chi connectivity index (χ2v) is 2.66. The minimum atomic E-state index is -2.28. The Labute approximate surface area is 66.0 Å². The summed E-state index contributed by atoms with van der Waals surface area (Å²) in [5.74, 6) is -0.591. The van der Waals surface area contributed by atoms with Gasteiger partial charge in [0.05, 0.1) is 5.37 Å². The van der Waals surface area contributed by atoms with Crippen LogP contribution in [-0.2, 0) is 19.8 Å². The smallest absolute Gasteiger partial charge is 0.333 e. The van der Waals surface area contributed by atoms with E-state index in [0.29, 0.717) is 0 Å². The Kier molecular flexibility index (Phi) is 4.21. The highest BCUT2D eigenvalue weighted by Crippen LogP contribution is 1.89. The van der Waals surface area contributed by atoms with Gasteiger partial charge in [-0.15, -0.1) is 0 Å². The van der Waals surface area contributed by atoms with Crippen LogP contribution in [0.4, 0.5) is 0 Å². The van der Waals surface area contributed by atoms with Gasteiger partial charge < -0.3 is 4.74 Å². The molecule has 4 nitrogen and oxygen atoms in total. The number of carbonyl (C=O) groups is 1. The van der Waals surface area contributed by atoms with E-state index in [4.69, 9.17) is 0 Å². The number of hydrogen-bond donors (Lipinski definition) is 0. The second-order valence-electron chi connectivity index (χ2n) is 1.81. The zero-order chi connectivity index (χ0) is 8.85. The van der Waals surface area contributed by atoms with Crippen LogP contribution in [0.1, 0.15) is 6.92 Å². The van der Waals surface area contributed by atoms with E-state index in [2.05, 4.69) is 11.3 Å². The molecule has 0 bridgehead atoms. The molecular weight excluding hydrogens is 168 g/mol. The van der Waals surface area contributed by atoms with Crippen molar-refractivity contribution in [3.8, 4) is 0 Å². The maximum Gasteiger partial charge on any atom is 0.333 e. The first-order valence-corrected chi connectivity index (χ1v) is 3.92. The molecular formula is C6H8O4S. The van der Waals surface area contributed by atoms with E-state index in [-0.39, 0.29) is 12.2 Å². The second kappa shape index (κ2) is 4.68. The zero-order valence-electron chi connectivity index (χ0n) is 6.03. The maximum absolute atomic E-state index is 10.6. The molecule has 0 atom stereocenters. The lowest BCUT2D eigenvalue weighted by atomic mass is 10.4. The van der Waals surface area contributed by atoms with Gasteiger partial charge in [-0.2, -0.15) is 8.42 Å². The van der Waals surface area contributed by atoms with E-state index < -0.39 is 16.3 Å². The van der Waals surface area contributed by atoms with Crippen LogP contribution in [0.2, 0.25) is 0 Å². The van der Waals surface area contributed by atoms with Crippen molar-refractivity contribution in [2.24, 2.45) is 0 Å². The van der Waals surface area contributed by atoms with E-state index in [1.807, 2.05) is 0 Å². The predicted octanol–water partition coefficient (Wildman–Crippen LogP) is -0.213. The molecule has 0 saturated carbocycles. The first-order valence-electron chi connectivity index (χ1n) is 2.78. The molecule has 5 heteroatoms. The molecule has 0 fully saturated rings. The molecule has 0 aromatic heterocycles. The minimum absolute atomic E-state index is 0.234. The van der Waals surface area contributed by atoms with Gasteiger partial charge in [-0.25, -0.2) is 4.79 Å².